The molecule has 164 valence electrons. The molecule has 1 aliphatic rings. The van der Waals surface area contributed by atoms with E-state index in [-0.39, 0.29) is 41.3 Å². The second-order valence-electron chi connectivity index (χ2n) is 7.48. The number of thioether (sulfide) groups is 1. The molecule has 1 atom stereocenters. The van der Waals surface area contributed by atoms with Crippen molar-refractivity contribution in [1.82, 2.24) is 10.3 Å². The molecule has 0 aliphatic carbocycles. The molecule has 9 heteroatoms. The van der Waals surface area contributed by atoms with Crippen molar-refractivity contribution < 1.29 is 49.7 Å². The standard InChI is InChI=1S/C24H20N2O4S2.Na.H/c1-14-18(25-22(30-14)15-5-3-2-4-6-15)9-11-29-20-8-7-16(21-17(20)10-12-31-21)13-19-23(27)32-24(28)26-19;;/h2-8,10,12,19H,9,11,13H2,1H3,(H,26,28);;/q;+1;-1. The van der Waals surface area contributed by atoms with Crippen molar-refractivity contribution in [2.75, 3.05) is 6.61 Å². The van der Waals surface area contributed by atoms with Gasteiger partial charge in [-0.25, -0.2) is 4.98 Å². The predicted octanol–water partition coefficient (Wildman–Crippen LogP) is 2.50. The number of aryl methyl sites for hydroxylation is 1. The Bertz CT molecular complexity index is 1310. The van der Waals surface area contributed by atoms with Crippen molar-refractivity contribution in [3.05, 3.63) is 70.9 Å². The van der Waals surface area contributed by atoms with Crippen LogP contribution in [0.2, 0.25) is 0 Å². The number of nitrogens with zero attached hydrogens (tertiary/aromatic N) is 1. The first-order valence-electron chi connectivity index (χ1n) is 10.2. The number of aromatic nitrogens is 1. The molecule has 3 heterocycles. The number of ether oxygens (including phenoxy) is 1. The van der Waals surface area contributed by atoms with Gasteiger partial charge >= 0.3 is 29.6 Å². The quantitative estimate of drug-likeness (QED) is 0.403. The van der Waals surface area contributed by atoms with Gasteiger partial charge in [0.05, 0.1) is 12.3 Å². The van der Waals surface area contributed by atoms with Crippen LogP contribution in [0.1, 0.15) is 18.4 Å². The summed E-state index contributed by atoms with van der Waals surface area (Å²) in [5.74, 6) is 2.21. The largest absolute Gasteiger partial charge is 1.00 e. The minimum atomic E-state index is -0.474. The van der Waals surface area contributed by atoms with Crippen LogP contribution in [0.25, 0.3) is 21.5 Å². The molecule has 6 nitrogen and oxygen atoms in total. The predicted molar refractivity (Wildman–Crippen MR) is 127 cm³/mol. The zero-order chi connectivity index (χ0) is 22.1. The molecule has 1 fully saturated rings. The fourth-order valence-electron chi connectivity index (χ4n) is 3.75. The zero-order valence-corrected chi connectivity index (χ0v) is 21.9. The van der Waals surface area contributed by atoms with Crippen molar-refractivity contribution in [1.29, 1.82) is 0 Å². The number of nitrogens with one attached hydrogen (secondary N) is 1. The number of amides is 1. The summed E-state index contributed by atoms with van der Waals surface area (Å²) in [7, 11) is 0. The number of carbonyl (C=O) groups is 2. The number of hydrogen-bond donors (Lipinski definition) is 1. The molecular weight excluding hydrogens is 467 g/mol. The van der Waals surface area contributed by atoms with E-state index >= 15 is 0 Å². The van der Waals surface area contributed by atoms with Gasteiger partial charge in [0.2, 0.25) is 11.0 Å². The molecular formula is C24H21N2NaO4S2. The van der Waals surface area contributed by atoms with E-state index in [1.807, 2.05) is 60.8 Å². The third-order valence-corrected chi connectivity index (χ3v) is 7.14. The van der Waals surface area contributed by atoms with Gasteiger partial charge in [0.15, 0.2) is 0 Å². The Balaban J connectivity index is 0.00000162. The number of benzene rings is 2. The van der Waals surface area contributed by atoms with Crippen LogP contribution in [-0.4, -0.2) is 28.0 Å². The van der Waals surface area contributed by atoms with Gasteiger partial charge in [0, 0.05) is 40.3 Å². The summed E-state index contributed by atoms with van der Waals surface area (Å²) < 4.78 is 13.0. The molecule has 0 radical (unpaired) electrons. The van der Waals surface area contributed by atoms with E-state index in [1.165, 1.54) is 0 Å². The minimum Gasteiger partial charge on any atom is -1.00 e. The Kier molecular flexibility index (Phi) is 7.61. The normalized spacial score (nSPS) is 15.5. The molecule has 2 aromatic heterocycles. The fourth-order valence-corrected chi connectivity index (χ4v) is 5.36. The number of carbonyl (C=O) groups excluding carboxylic acids is 2. The van der Waals surface area contributed by atoms with Gasteiger partial charge in [-0.2, -0.15) is 0 Å². The molecule has 0 spiro atoms. The molecule has 0 bridgehead atoms. The molecule has 1 amide bonds. The Morgan fingerprint density at radius 1 is 1.15 bits per heavy atom. The maximum absolute atomic E-state index is 12.0. The Morgan fingerprint density at radius 3 is 2.73 bits per heavy atom. The monoisotopic (exact) mass is 488 g/mol. The number of hydrogen-bond acceptors (Lipinski definition) is 7. The van der Waals surface area contributed by atoms with Crippen LogP contribution >= 0.6 is 23.1 Å². The van der Waals surface area contributed by atoms with Crippen LogP contribution in [-0.2, 0) is 17.6 Å². The van der Waals surface area contributed by atoms with Gasteiger partial charge < -0.3 is 15.9 Å². The summed E-state index contributed by atoms with van der Waals surface area (Å²) in [6.07, 6.45) is 1.12. The summed E-state index contributed by atoms with van der Waals surface area (Å²) in [4.78, 5) is 28.1. The van der Waals surface area contributed by atoms with Crippen LogP contribution in [0.4, 0.5) is 4.79 Å². The summed E-state index contributed by atoms with van der Waals surface area (Å²) >= 11 is 2.35. The maximum Gasteiger partial charge on any atom is 1.00 e. The second-order valence-corrected chi connectivity index (χ2v) is 9.38. The van der Waals surface area contributed by atoms with Gasteiger partial charge in [-0.15, -0.1) is 11.3 Å². The van der Waals surface area contributed by atoms with E-state index in [2.05, 4.69) is 10.3 Å². The van der Waals surface area contributed by atoms with Crippen LogP contribution in [0, 0.1) is 6.92 Å². The SMILES string of the molecule is Cc1oc(-c2ccccc2)nc1CCOc1ccc(CC2NC(=O)SC2=O)c2sccc12.[H-].[Na+]. The Morgan fingerprint density at radius 2 is 1.97 bits per heavy atom. The van der Waals surface area contributed by atoms with Crippen molar-refractivity contribution in [2.45, 2.75) is 25.8 Å². The van der Waals surface area contributed by atoms with Gasteiger partial charge in [-0.1, -0.05) is 24.3 Å². The van der Waals surface area contributed by atoms with Crippen molar-refractivity contribution in [2.24, 2.45) is 0 Å². The first-order valence-corrected chi connectivity index (χ1v) is 11.9. The van der Waals surface area contributed by atoms with Crippen LogP contribution in [0.3, 0.4) is 0 Å². The summed E-state index contributed by atoms with van der Waals surface area (Å²) in [5.41, 5.74) is 2.87. The molecule has 1 aliphatic heterocycles. The van der Waals surface area contributed by atoms with Gasteiger partial charge in [0.25, 0.3) is 5.24 Å². The van der Waals surface area contributed by atoms with E-state index in [0.29, 0.717) is 25.3 Å². The molecule has 1 N–H and O–H groups in total. The van der Waals surface area contributed by atoms with E-state index in [0.717, 1.165) is 50.2 Å². The molecule has 33 heavy (non-hydrogen) atoms. The summed E-state index contributed by atoms with van der Waals surface area (Å²) in [6, 6.07) is 15.3. The van der Waals surface area contributed by atoms with E-state index in [4.69, 9.17) is 9.15 Å². The van der Waals surface area contributed by atoms with Gasteiger partial charge in [-0.05, 0) is 42.1 Å². The summed E-state index contributed by atoms with van der Waals surface area (Å²) in [5, 5.41) is 5.35. The molecule has 1 unspecified atom stereocenters. The Hall–Kier alpha value is -2.10. The molecule has 4 aromatic rings. The van der Waals surface area contributed by atoms with Crippen molar-refractivity contribution in [3.8, 4) is 17.2 Å². The first-order chi connectivity index (χ1) is 15.6. The third-order valence-electron chi connectivity index (χ3n) is 5.36. The third kappa shape index (κ3) is 5.20. The second kappa shape index (κ2) is 10.4. The molecule has 1 saturated heterocycles. The van der Waals surface area contributed by atoms with Crippen LogP contribution in [0.15, 0.2) is 58.3 Å². The van der Waals surface area contributed by atoms with E-state index in [9.17, 15) is 9.59 Å². The van der Waals surface area contributed by atoms with Crippen LogP contribution < -0.4 is 39.6 Å². The molecule has 2 aromatic carbocycles. The smallest absolute Gasteiger partial charge is 1.00 e. The van der Waals surface area contributed by atoms with Crippen LogP contribution in [0.5, 0.6) is 5.75 Å². The van der Waals surface area contributed by atoms with E-state index in [1.54, 1.807) is 11.3 Å². The fraction of sp³-hybridized carbons (Fsp3) is 0.208. The van der Waals surface area contributed by atoms with Gasteiger partial charge in [-0.3, -0.25) is 9.59 Å². The Labute approximate surface area is 222 Å². The average Bonchev–Trinajstić information content (AvgIpc) is 3.50. The maximum atomic E-state index is 12.0. The number of thiophene rings is 1. The van der Waals surface area contributed by atoms with Crippen molar-refractivity contribution in [3.63, 3.8) is 0 Å². The summed E-state index contributed by atoms with van der Waals surface area (Å²) in [6.45, 7) is 2.39. The molecule has 0 saturated carbocycles. The number of fused-ring (bicyclic) bond motifs is 1. The number of oxazole rings is 1. The van der Waals surface area contributed by atoms with Crippen molar-refractivity contribution >= 4 is 43.5 Å². The first kappa shape index (κ1) is 24.0. The van der Waals surface area contributed by atoms with E-state index < -0.39 is 6.04 Å². The van der Waals surface area contributed by atoms with Gasteiger partial charge in [0.1, 0.15) is 17.6 Å². The molecule has 5 rings (SSSR count). The topological polar surface area (TPSA) is 81.4 Å². The average molecular weight is 489 g/mol. The zero-order valence-electron chi connectivity index (χ0n) is 19.3. The minimum absolute atomic E-state index is 0. The number of rotatable bonds is 7.